The highest BCUT2D eigenvalue weighted by Gasteiger charge is 2.20. The largest absolute Gasteiger partial charge is 0.134 e. The van der Waals surface area contributed by atoms with Crippen molar-refractivity contribution < 1.29 is 0 Å². The lowest BCUT2D eigenvalue weighted by molar-refractivity contribution is 1.47. The van der Waals surface area contributed by atoms with E-state index in [1.807, 2.05) is 11.3 Å². The van der Waals surface area contributed by atoms with E-state index in [0.29, 0.717) is 0 Å². The van der Waals surface area contributed by atoms with Gasteiger partial charge in [-0.25, -0.2) is 0 Å². The molecule has 0 saturated heterocycles. The molecule has 6 aromatic rings. The zero-order valence-electron chi connectivity index (χ0n) is 19.0. The van der Waals surface area contributed by atoms with E-state index in [1.54, 1.807) is 0 Å². The number of hydrogen-bond donors (Lipinski definition) is 0. The molecule has 1 heteroatoms. The number of rotatable bonds is 4. The van der Waals surface area contributed by atoms with Gasteiger partial charge in [0.1, 0.15) is 0 Å². The van der Waals surface area contributed by atoms with Crippen molar-refractivity contribution in [3.63, 3.8) is 0 Å². The Bertz CT molecular complexity index is 1590. The van der Waals surface area contributed by atoms with Crippen LogP contribution in [0, 0.1) is 6.92 Å². The van der Waals surface area contributed by atoms with Crippen LogP contribution in [0.5, 0.6) is 0 Å². The zero-order chi connectivity index (χ0) is 22.9. The second-order valence-corrected chi connectivity index (χ2v) is 9.60. The van der Waals surface area contributed by atoms with Gasteiger partial charge in [-0.15, -0.1) is 11.3 Å². The van der Waals surface area contributed by atoms with Gasteiger partial charge in [-0.05, 0) is 34.7 Å². The van der Waals surface area contributed by atoms with Gasteiger partial charge in [0.2, 0.25) is 0 Å². The lowest BCUT2D eigenvalue weighted by atomic mass is 9.93. The van der Waals surface area contributed by atoms with Gasteiger partial charge in [0.05, 0.1) is 0 Å². The van der Waals surface area contributed by atoms with Crippen molar-refractivity contribution in [2.24, 2.45) is 0 Å². The predicted octanol–water partition coefficient (Wildman–Crippen LogP) is 9.88. The highest BCUT2D eigenvalue weighted by molar-refractivity contribution is 7.21. The van der Waals surface area contributed by atoms with Crippen LogP contribution in [-0.4, -0.2) is 0 Å². The van der Waals surface area contributed by atoms with Gasteiger partial charge in [-0.1, -0.05) is 127 Å². The zero-order valence-corrected chi connectivity index (χ0v) is 19.8. The predicted molar refractivity (Wildman–Crippen MR) is 148 cm³/mol. The first-order chi connectivity index (χ1) is 16.8. The Balaban J connectivity index is 1.64. The first kappa shape index (κ1) is 20.7. The third-order valence-electron chi connectivity index (χ3n) is 6.46. The van der Waals surface area contributed by atoms with E-state index >= 15 is 0 Å². The Hall–Kier alpha value is -3.94. The van der Waals surface area contributed by atoms with E-state index in [0.717, 1.165) is 0 Å². The van der Waals surface area contributed by atoms with E-state index in [1.165, 1.54) is 59.5 Å². The van der Waals surface area contributed by atoms with E-state index in [2.05, 4.69) is 134 Å². The molecule has 1 heterocycles. The standard InChI is InChI=1S/C33H24S/c1-23-13-12-22-27(25-16-6-3-7-17-25)31(23)33-30-21-11-10-20-29(30)32(34-33)28-19-9-8-18-26(28)24-14-4-2-5-15-24/h2-22H,1H3. The molecule has 0 fully saturated rings. The molecule has 0 N–H and O–H groups in total. The molecule has 0 spiro atoms. The molecular formula is C33H24S. The van der Waals surface area contributed by atoms with Gasteiger partial charge in [0.15, 0.2) is 0 Å². The van der Waals surface area contributed by atoms with Crippen LogP contribution in [0.4, 0.5) is 0 Å². The summed E-state index contributed by atoms with van der Waals surface area (Å²) in [7, 11) is 0. The van der Waals surface area contributed by atoms with Crippen LogP contribution in [0.3, 0.4) is 0 Å². The molecule has 6 rings (SSSR count). The minimum Gasteiger partial charge on any atom is -0.134 e. The minimum absolute atomic E-state index is 1.25. The molecule has 0 radical (unpaired) electrons. The van der Waals surface area contributed by atoms with Gasteiger partial charge >= 0.3 is 0 Å². The van der Waals surface area contributed by atoms with Crippen LogP contribution in [0.2, 0.25) is 0 Å². The summed E-state index contributed by atoms with van der Waals surface area (Å²) in [5, 5.41) is 2.63. The van der Waals surface area contributed by atoms with Crippen LogP contribution in [0.1, 0.15) is 5.56 Å². The Morgan fingerprint density at radius 2 is 0.912 bits per heavy atom. The van der Waals surface area contributed by atoms with Crippen molar-refractivity contribution in [2.75, 3.05) is 0 Å². The van der Waals surface area contributed by atoms with Crippen LogP contribution in [0.25, 0.3) is 53.9 Å². The number of benzene rings is 5. The molecule has 5 aromatic carbocycles. The molecule has 162 valence electrons. The molecule has 0 aliphatic heterocycles. The average Bonchev–Trinajstić information content (AvgIpc) is 3.29. The summed E-state index contributed by atoms with van der Waals surface area (Å²) >= 11 is 1.91. The summed E-state index contributed by atoms with van der Waals surface area (Å²) in [6.07, 6.45) is 0. The van der Waals surface area contributed by atoms with Crippen LogP contribution in [0.15, 0.2) is 127 Å². The van der Waals surface area contributed by atoms with E-state index < -0.39 is 0 Å². The molecule has 0 aliphatic rings. The maximum Gasteiger partial charge on any atom is 0.0436 e. The van der Waals surface area contributed by atoms with Gasteiger partial charge in [-0.2, -0.15) is 0 Å². The number of hydrogen-bond acceptors (Lipinski definition) is 1. The van der Waals surface area contributed by atoms with Gasteiger partial charge in [0.25, 0.3) is 0 Å². The molecule has 0 amide bonds. The summed E-state index contributed by atoms with van der Waals surface area (Å²) in [6.45, 7) is 2.23. The molecule has 0 nitrogen and oxygen atoms in total. The third kappa shape index (κ3) is 3.55. The van der Waals surface area contributed by atoms with E-state index in [4.69, 9.17) is 0 Å². The fourth-order valence-electron chi connectivity index (χ4n) is 4.85. The van der Waals surface area contributed by atoms with Crippen molar-refractivity contribution in [3.05, 3.63) is 133 Å². The molecule has 0 atom stereocenters. The summed E-state index contributed by atoms with van der Waals surface area (Å²) in [6, 6.07) is 45.7. The van der Waals surface area contributed by atoms with E-state index in [-0.39, 0.29) is 0 Å². The molecule has 0 aliphatic carbocycles. The fourth-order valence-corrected chi connectivity index (χ4v) is 6.30. The monoisotopic (exact) mass is 452 g/mol. The van der Waals surface area contributed by atoms with E-state index in [9.17, 15) is 0 Å². The average molecular weight is 453 g/mol. The van der Waals surface area contributed by atoms with Crippen molar-refractivity contribution in [1.29, 1.82) is 0 Å². The fraction of sp³-hybridized carbons (Fsp3) is 0.0303. The van der Waals surface area contributed by atoms with Crippen LogP contribution >= 0.6 is 11.3 Å². The molecular weight excluding hydrogens is 428 g/mol. The molecule has 34 heavy (non-hydrogen) atoms. The summed E-state index contributed by atoms with van der Waals surface area (Å²) < 4.78 is 0. The normalized spacial score (nSPS) is 11.1. The second-order valence-electron chi connectivity index (χ2n) is 8.58. The second kappa shape index (κ2) is 8.78. The summed E-state index contributed by atoms with van der Waals surface area (Å²) in [5.41, 5.74) is 8.98. The quantitative estimate of drug-likeness (QED) is 0.250. The van der Waals surface area contributed by atoms with Crippen molar-refractivity contribution in [3.8, 4) is 43.1 Å². The Kier molecular flexibility index (Phi) is 5.33. The lowest BCUT2D eigenvalue weighted by Crippen LogP contribution is -1.87. The molecule has 0 unspecified atom stereocenters. The number of fused-ring (bicyclic) bond motifs is 1. The molecule has 0 saturated carbocycles. The number of thiophene rings is 1. The number of aryl methyl sites for hydroxylation is 1. The lowest BCUT2D eigenvalue weighted by Gasteiger charge is -2.12. The maximum absolute atomic E-state index is 2.27. The van der Waals surface area contributed by atoms with Gasteiger partial charge in [-0.3, -0.25) is 0 Å². The van der Waals surface area contributed by atoms with Gasteiger partial charge < -0.3 is 0 Å². The highest BCUT2D eigenvalue weighted by atomic mass is 32.1. The first-order valence-electron chi connectivity index (χ1n) is 11.6. The summed E-state index contributed by atoms with van der Waals surface area (Å²) in [5.74, 6) is 0. The SMILES string of the molecule is Cc1cccc(-c2ccccc2)c1-c1sc(-c2ccccc2-c2ccccc2)c2ccccc12. The van der Waals surface area contributed by atoms with Crippen molar-refractivity contribution in [2.45, 2.75) is 6.92 Å². The third-order valence-corrected chi connectivity index (χ3v) is 7.73. The maximum atomic E-state index is 2.27. The molecule has 1 aromatic heterocycles. The highest BCUT2D eigenvalue weighted by Crippen LogP contribution is 2.49. The Labute approximate surface area is 204 Å². The Morgan fingerprint density at radius 1 is 0.412 bits per heavy atom. The van der Waals surface area contributed by atoms with Crippen LogP contribution < -0.4 is 0 Å². The van der Waals surface area contributed by atoms with Crippen LogP contribution in [-0.2, 0) is 0 Å². The van der Waals surface area contributed by atoms with Crippen molar-refractivity contribution >= 4 is 22.1 Å². The summed E-state index contributed by atoms with van der Waals surface area (Å²) in [4.78, 5) is 2.66. The smallest absolute Gasteiger partial charge is 0.0436 e. The topological polar surface area (TPSA) is 0 Å². The Morgan fingerprint density at radius 3 is 1.59 bits per heavy atom. The first-order valence-corrected chi connectivity index (χ1v) is 12.4. The van der Waals surface area contributed by atoms with Gasteiger partial charge in [0, 0.05) is 31.7 Å². The minimum atomic E-state index is 1.25. The molecule has 0 bridgehead atoms. The van der Waals surface area contributed by atoms with Crippen molar-refractivity contribution in [1.82, 2.24) is 0 Å².